The monoisotopic (exact) mass is 1310 g/mol. The number of aliphatic hydroxyl groups is 6. The summed E-state index contributed by atoms with van der Waals surface area (Å²) in [7, 11) is 0. The first-order valence-electron chi connectivity index (χ1n) is 31.8. The van der Waals surface area contributed by atoms with Gasteiger partial charge in [0, 0.05) is 67.5 Å². The number of aromatic nitrogens is 2. The molecule has 0 radical (unpaired) electrons. The number of ketones is 1. The van der Waals surface area contributed by atoms with E-state index in [1.54, 1.807) is 40.7 Å². The molecule has 92 heavy (non-hydrogen) atoms. The lowest BCUT2D eigenvalue weighted by Gasteiger charge is -2.31. The van der Waals surface area contributed by atoms with Gasteiger partial charge in [-0.2, -0.15) is 0 Å². The average Bonchev–Trinajstić information content (AvgIpc) is 1.49. The van der Waals surface area contributed by atoms with Gasteiger partial charge in [-0.3, -0.25) is 48.1 Å². The van der Waals surface area contributed by atoms with E-state index in [0.717, 1.165) is 31.2 Å². The second kappa shape index (κ2) is 32.9. The number of carbonyl (C=O) groups excluding carboxylic acids is 9. The molecule has 1 aromatic carbocycles. The summed E-state index contributed by atoms with van der Waals surface area (Å²) in [5, 5.41) is 73.5. The number of benzene rings is 1. The number of rotatable bonds is 34. The molecule has 26 nitrogen and oxygen atoms in total. The number of halogens is 1. The quantitative estimate of drug-likeness (QED) is 0.0136. The number of cyclic esters (lactones) is 1. The highest BCUT2D eigenvalue weighted by Crippen LogP contribution is 2.40. The number of unbranched alkanes of at least 4 members (excludes halogenated alkanes) is 3. The van der Waals surface area contributed by atoms with Crippen molar-refractivity contribution in [3.05, 3.63) is 62.2 Å². The van der Waals surface area contributed by atoms with Gasteiger partial charge in [0.1, 0.15) is 61.4 Å². The molecule has 4 aliphatic rings. The van der Waals surface area contributed by atoms with Crippen LogP contribution in [0, 0.1) is 30.5 Å². The van der Waals surface area contributed by atoms with E-state index in [-0.39, 0.29) is 92.7 Å². The van der Waals surface area contributed by atoms with Gasteiger partial charge in [0.15, 0.2) is 5.60 Å². The van der Waals surface area contributed by atoms with Crippen molar-refractivity contribution in [1.82, 2.24) is 41.0 Å². The van der Waals surface area contributed by atoms with Gasteiger partial charge in [-0.25, -0.2) is 14.2 Å². The van der Waals surface area contributed by atoms with E-state index in [1.807, 2.05) is 6.07 Å². The van der Waals surface area contributed by atoms with Crippen LogP contribution in [0.4, 0.5) is 4.39 Å². The molecule has 1 unspecified atom stereocenters. The largest absolute Gasteiger partial charge is 0.458 e. The topological polar surface area (TPSA) is 392 Å². The van der Waals surface area contributed by atoms with E-state index in [1.165, 1.54) is 34.2 Å². The molecule has 1 saturated carbocycles. The minimum Gasteiger partial charge on any atom is -0.458 e. The summed E-state index contributed by atoms with van der Waals surface area (Å²) in [6.07, 6.45) is -1.97. The van der Waals surface area contributed by atoms with E-state index in [9.17, 15) is 73.5 Å². The Morgan fingerprint density at radius 3 is 2.26 bits per heavy atom. The molecular weight excluding hydrogens is 1220 g/mol. The highest BCUT2D eigenvalue weighted by molar-refractivity contribution is 8.00. The number of hydrogen-bond acceptors (Lipinski definition) is 20. The number of esters is 1. The van der Waals surface area contributed by atoms with Crippen LogP contribution in [-0.2, 0) is 77.8 Å². The van der Waals surface area contributed by atoms with Crippen molar-refractivity contribution in [3.63, 3.8) is 0 Å². The summed E-state index contributed by atoms with van der Waals surface area (Å²) in [4.78, 5) is 138. The molecule has 5 heterocycles. The number of ether oxygens (including phenoxy) is 2. The summed E-state index contributed by atoms with van der Waals surface area (Å²) in [6, 6.07) is 1.09. The minimum atomic E-state index is -1.99. The van der Waals surface area contributed by atoms with Gasteiger partial charge in [0.05, 0.1) is 47.0 Å². The van der Waals surface area contributed by atoms with Gasteiger partial charge >= 0.3 is 5.97 Å². The number of nitrogens with one attached hydrogen (secondary N) is 5. The standard InChI is InChI=1S/C64H89FN8O18S/c1-7-64(89)43-24-47-55-39(29-72(47)61(86)42(43)31-91-63(64)88)23-41-40(34(4)44(65)25-46(41)70-55)13-10-11-21-90-32-67-58(83)35(5)68-60(85)54(33(2)3)71-59(84)45(19-20-51(78)66-27-48(76)56(81)57(82)49(77)30-74)69-52(79)14-9-8-12-22-92-50-26-53(80)73(62(50)87)28-37-15-17-38(18-16-37)36(6)75/h23-25,33,35,37-38,45,48-50,54,56-57,74,76-77,81-82,89H,7-22,26-32H2,1-6H3,(H,66,78)(H,67,83)(H,68,85)(H,69,79)(H,71,84)/t35-,37?,38?,45-,48-,49+,50?,54-,56+,57+,64-/m0/s1. The van der Waals surface area contributed by atoms with Crippen LogP contribution in [0.25, 0.3) is 22.3 Å². The fourth-order valence-electron chi connectivity index (χ4n) is 12.2. The molecule has 1 aliphatic carbocycles. The average molecular weight is 1310 g/mol. The third-order valence-electron chi connectivity index (χ3n) is 18.0. The zero-order chi connectivity index (χ0) is 67.3. The number of aliphatic hydroxyl groups excluding tert-OH is 5. The maximum atomic E-state index is 15.5. The van der Waals surface area contributed by atoms with Gasteiger partial charge in [0.25, 0.3) is 5.56 Å². The molecule has 7 rings (SSSR count). The van der Waals surface area contributed by atoms with Crippen LogP contribution >= 0.6 is 11.8 Å². The van der Waals surface area contributed by atoms with Crippen molar-refractivity contribution < 1.29 is 87.7 Å². The first kappa shape index (κ1) is 72.6. The molecule has 2 fully saturated rings. The lowest BCUT2D eigenvalue weighted by molar-refractivity contribution is -0.172. The highest BCUT2D eigenvalue weighted by atomic mass is 32.2. The molecule has 7 amide bonds. The normalized spacial score (nSPS) is 20.9. The molecule has 9 atom stereocenters. The van der Waals surface area contributed by atoms with Crippen molar-refractivity contribution in [1.29, 1.82) is 0 Å². The Morgan fingerprint density at radius 1 is 0.859 bits per heavy atom. The van der Waals surface area contributed by atoms with Crippen LogP contribution in [0.2, 0.25) is 0 Å². The SMILES string of the molecule is CC[C@@]1(O)C(=O)OCc2c1cc1n(c2=O)Cc2cc3c(CCCCOCNC(=O)[C@H](C)NC(=O)[C@@H](NC(=O)[C@H](CCC(=O)NC[C@H](O)[C@@H](O)[C@H](O)[C@H](O)CO)NC(=O)CCCCCSC4CC(=O)N(CC5CCC(C(C)=O)CC5)C4=O)C(C)C)c(C)c(F)cc3nc2-1. The fourth-order valence-corrected chi connectivity index (χ4v) is 13.4. The molecule has 3 aromatic rings. The number of likely N-dealkylation sites (tertiary alicyclic amines) is 1. The molecule has 3 aliphatic heterocycles. The first-order valence-corrected chi connectivity index (χ1v) is 32.8. The number of fused-ring (bicyclic) bond motifs is 5. The van der Waals surface area contributed by atoms with Gasteiger partial charge in [-0.15, -0.1) is 11.8 Å². The zero-order valence-electron chi connectivity index (χ0n) is 53.1. The number of nitrogens with zero attached hydrogens (tertiary/aromatic N) is 3. The van der Waals surface area contributed by atoms with E-state index >= 15 is 4.39 Å². The molecule has 0 spiro atoms. The van der Waals surface area contributed by atoms with Crippen molar-refractivity contribution in [2.75, 3.05) is 38.8 Å². The van der Waals surface area contributed by atoms with E-state index in [2.05, 4.69) is 26.6 Å². The maximum absolute atomic E-state index is 15.5. The van der Waals surface area contributed by atoms with E-state index in [0.29, 0.717) is 84.2 Å². The lowest BCUT2D eigenvalue weighted by atomic mass is 9.80. The third-order valence-corrected chi connectivity index (χ3v) is 19.3. The second-order valence-corrected chi connectivity index (χ2v) is 26.3. The van der Waals surface area contributed by atoms with E-state index in [4.69, 9.17) is 19.6 Å². The molecule has 0 bridgehead atoms. The van der Waals surface area contributed by atoms with Crippen LogP contribution in [0.5, 0.6) is 0 Å². The van der Waals surface area contributed by atoms with Crippen LogP contribution < -0.4 is 32.1 Å². The van der Waals surface area contributed by atoms with Crippen molar-refractivity contribution in [3.8, 4) is 11.4 Å². The van der Waals surface area contributed by atoms with Crippen molar-refractivity contribution in [2.24, 2.45) is 17.8 Å². The predicted molar refractivity (Wildman–Crippen MR) is 333 cm³/mol. The highest BCUT2D eigenvalue weighted by Gasteiger charge is 2.46. The Hall–Kier alpha value is -6.79. The lowest BCUT2D eigenvalue weighted by Crippen LogP contribution is -2.58. The number of carbonyl (C=O) groups is 9. The van der Waals surface area contributed by atoms with Gasteiger partial charge in [0.2, 0.25) is 41.4 Å². The van der Waals surface area contributed by atoms with Gasteiger partial charge in [-0.1, -0.05) is 27.2 Å². The Kier molecular flexibility index (Phi) is 25.9. The van der Waals surface area contributed by atoms with Gasteiger partial charge < -0.3 is 71.3 Å². The smallest absolute Gasteiger partial charge is 0.343 e. The van der Waals surface area contributed by atoms with Crippen molar-refractivity contribution >= 4 is 75.8 Å². The predicted octanol–water partition coefficient (Wildman–Crippen LogP) is 1.22. The van der Waals surface area contributed by atoms with Gasteiger partial charge in [-0.05, 0) is 132 Å². The summed E-state index contributed by atoms with van der Waals surface area (Å²) in [5.74, 6) is -4.84. The Morgan fingerprint density at radius 2 is 1.58 bits per heavy atom. The Bertz CT molecular complexity index is 3290. The molecule has 11 N–H and O–H groups in total. The fraction of sp³-hybridized carbons (Fsp3) is 0.641. The summed E-state index contributed by atoms with van der Waals surface area (Å²) >= 11 is 1.39. The minimum absolute atomic E-state index is 0.0119. The van der Waals surface area contributed by atoms with Crippen molar-refractivity contribution in [2.45, 2.75) is 204 Å². The summed E-state index contributed by atoms with van der Waals surface area (Å²) in [5.41, 5.74) is 1.05. The number of imide groups is 1. The van der Waals surface area contributed by atoms with Crippen LogP contribution in [0.3, 0.4) is 0 Å². The Balaban J connectivity index is 0.866. The number of amides is 7. The third kappa shape index (κ3) is 17.7. The summed E-state index contributed by atoms with van der Waals surface area (Å²) < 4.78 is 27.9. The number of hydrogen-bond donors (Lipinski definition) is 11. The number of Topliss-reactive ketones (excluding diaryl/α,β-unsaturated/α-hetero) is 1. The Labute approximate surface area is 536 Å². The van der Waals surface area contributed by atoms with Crippen LogP contribution in [0.15, 0.2) is 23.0 Å². The molecule has 506 valence electrons. The molecule has 2 aromatic heterocycles. The van der Waals surface area contributed by atoms with E-state index < -0.39 is 126 Å². The maximum Gasteiger partial charge on any atom is 0.343 e. The second-order valence-electron chi connectivity index (χ2n) is 24.9. The first-order chi connectivity index (χ1) is 43.7. The number of thioether (sulfide) groups is 1. The number of pyridine rings is 2. The van der Waals surface area contributed by atoms with Crippen LogP contribution in [-0.4, -0.2) is 185 Å². The van der Waals surface area contributed by atoms with Crippen LogP contribution in [0.1, 0.15) is 152 Å². The molecular formula is C64H89FN8O18S. The summed E-state index contributed by atoms with van der Waals surface area (Å²) in [6.45, 7) is 8.33. The number of aryl methyl sites for hydroxylation is 1. The zero-order valence-corrected chi connectivity index (χ0v) is 53.9. The molecule has 28 heteroatoms. The molecule has 1 saturated heterocycles.